The quantitative estimate of drug-likeness (QED) is 0.713. The first-order valence-corrected chi connectivity index (χ1v) is 9.50. The van der Waals surface area contributed by atoms with Gasteiger partial charge in [0.25, 0.3) is 0 Å². The molecule has 1 aromatic carbocycles. The molecule has 4 nitrogen and oxygen atoms in total. The minimum atomic E-state index is -0.369. The van der Waals surface area contributed by atoms with Crippen molar-refractivity contribution in [1.29, 1.82) is 0 Å². The number of benzene rings is 1. The minimum Gasteiger partial charge on any atom is -0.462 e. The summed E-state index contributed by atoms with van der Waals surface area (Å²) in [4.78, 5) is 26.2. The molecule has 0 saturated heterocycles. The molecule has 2 rings (SSSR count). The van der Waals surface area contributed by atoms with E-state index in [2.05, 4.69) is 5.32 Å². The highest BCUT2D eigenvalue weighted by Crippen LogP contribution is 2.35. The Morgan fingerprint density at radius 2 is 1.84 bits per heavy atom. The average Bonchev–Trinajstić information content (AvgIpc) is 2.91. The number of aryl methyl sites for hydroxylation is 1. The maximum Gasteiger partial charge on any atom is 0.341 e. The Bertz CT molecular complexity index is 737. The molecule has 1 aromatic heterocycles. The first-order chi connectivity index (χ1) is 12.0. The number of anilines is 1. The maximum atomic E-state index is 12.8. The fourth-order valence-corrected chi connectivity index (χ4v) is 4.10. The number of carbonyl (C=O) groups excluding carboxylic acids is 2. The van der Waals surface area contributed by atoms with Crippen LogP contribution in [0.5, 0.6) is 0 Å². The van der Waals surface area contributed by atoms with Crippen LogP contribution in [0.2, 0.25) is 0 Å². The second-order valence-corrected chi connectivity index (χ2v) is 7.00. The Labute approximate surface area is 153 Å². The zero-order valence-corrected chi connectivity index (χ0v) is 16.0. The summed E-state index contributed by atoms with van der Waals surface area (Å²) in [6.45, 7) is 8.05. The predicted molar refractivity (Wildman–Crippen MR) is 102 cm³/mol. The van der Waals surface area contributed by atoms with E-state index in [-0.39, 0.29) is 17.8 Å². The molecule has 0 aliphatic carbocycles. The number of hydrogen-bond acceptors (Lipinski definition) is 4. The molecule has 1 N–H and O–H groups in total. The summed E-state index contributed by atoms with van der Waals surface area (Å²) < 4.78 is 5.19. The van der Waals surface area contributed by atoms with Crippen molar-refractivity contribution in [2.45, 2.75) is 46.5 Å². The molecular formula is C20H25NO3S. The Morgan fingerprint density at radius 1 is 1.16 bits per heavy atom. The highest BCUT2D eigenvalue weighted by Gasteiger charge is 2.26. The van der Waals surface area contributed by atoms with Crippen LogP contribution < -0.4 is 5.32 Å². The van der Waals surface area contributed by atoms with Crippen molar-refractivity contribution in [3.8, 4) is 0 Å². The molecule has 1 amide bonds. The molecule has 0 spiro atoms. The van der Waals surface area contributed by atoms with Crippen LogP contribution in [-0.4, -0.2) is 18.5 Å². The van der Waals surface area contributed by atoms with Gasteiger partial charge in [0.05, 0.1) is 18.1 Å². The van der Waals surface area contributed by atoms with Gasteiger partial charge in [-0.15, -0.1) is 11.3 Å². The third-order valence-corrected chi connectivity index (χ3v) is 5.27. The van der Waals surface area contributed by atoms with Crippen LogP contribution in [0.15, 0.2) is 30.3 Å². The van der Waals surface area contributed by atoms with Crippen LogP contribution in [0.25, 0.3) is 0 Å². The lowest BCUT2D eigenvalue weighted by Gasteiger charge is -2.15. The zero-order valence-electron chi connectivity index (χ0n) is 15.2. The maximum absolute atomic E-state index is 12.8. The first kappa shape index (κ1) is 19.2. The Balaban J connectivity index is 2.32. The Morgan fingerprint density at radius 3 is 2.40 bits per heavy atom. The number of ether oxygens (including phenoxy) is 1. The molecule has 1 heterocycles. The van der Waals surface area contributed by atoms with Crippen LogP contribution in [0.4, 0.5) is 5.00 Å². The van der Waals surface area contributed by atoms with Gasteiger partial charge in [-0.1, -0.05) is 44.2 Å². The lowest BCUT2D eigenvalue weighted by Crippen LogP contribution is -2.21. The minimum absolute atomic E-state index is 0.0943. The van der Waals surface area contributed by atoms with E-state index in [1.807, 2.05) is 51.1 Å². The molecule has 1 atom stereocenters. The third kappa shape index (κ3) is 4.28. The summed E-state index contributed by atoms with van der Waals surface area (Å²) in [5.74, 6) is -0.710. The largest absolute Gasteiger partial charge is 0.462 e. The number of rotatable bonds is 7. The van der Waals surface area contributed by atoms with Crippen molar-refractivity contribution in [3.05, 3.63) is 51.9 Å². The summed E-state index contributed by atoms with van der Waals surface area (Å²) in [5.41, 5.74) is 2.43. The van der Waals surface area contributed by atoms with Crippen LogP contribution in [-0.2, 0) is 16.0 Å². The van der Waals surface area contributed by atoms with E-state index in [4.69, 9.17) is 4.74 Å². The number of carbonyl (C=O) groups is 2. The average molecular weight is 359 g/mol. The lowest BCUT2D eigenvalue weighted by molar-refractivity contribution is -0.117. The zero-order chi connectivity index (χ0) is 18.4. The van der Waals surface area contributed by atoms with Gasteiger partial charge in [-0.2, -0.15) is 0 Å². The van der Waals surface area contributed by atoms with Gasteiger partial charge in [-0.25, -0.2) is 4.79 Å². The van der Waals surface area contributed by atoms with Gasteiger partial charge >= 0.3 is 5.97 Å². The van der Waals surface area contributed by atoms with Crippen molar-refractivity contribution in [3.63, 3.8) is 0 Å². The van der Waals surface area contributed by atoms with E-state index >= 15 is 0 Å². The van der Waals surface area contributed by atoms with Crippen LogP contribution in [0.1, 0.15) is 59.5 Å². The van der Waals surface area contributed by atoms with Crippen molar-refractivity contribution >= 4 is 28.2 Å². The SMILES string of the molecule is CCOC(=O)c1c(NC(=O)[C@@H](CC)c2ccccc2)sc(C)c1CC. The van der Waals surface area contributed by atoms with E-state index in [1.165, 1.54) is 11.3 Å². The number of esters is 1. The van der Waals surface area contributed by atoms with Gasteiger partial charge in [0.2, 0.25) is 5.91 Å². The fourth-order valence-electron chi connectivity index (χ4n) is 2.97. The van der Waals surface area contributed by atoms with Gasteiger partial charge in [0.15, 0.2) is 0 Å². The summed E-state index contributed by atoms with van der Waals surface area (Å²) >= 11 is 1.44. The van der Waals surface area contributed by atoms with Crippen molar-refractivity contribution in [2.24, 2.45) is 0 Å². The molecule has 0 fully saturated rings. The number of amides is 1. The van der Waals surface area contributed by atoms with Crippen LogP contribution in [0, 0.1) is 6.92 Å². The summed E-state index contributed by atoms with van der Waals surface area (Å²) in [7, 11) is 0. The van der Waals surface area contributed by atoms with Gasteiger partial charge < -0.3 is 10.1 Å². The van der Waals surface area contributed by atoms with E-state index < -0.39 is 0 Å². The van der Waals surface area contributed by atoms with Gasteiger partial charge in [-0.3, -0.25) is 4.79 Å². The van der Waals surface area contributed by atoms with Gasteiger partial charge in [0.1, 0.15) is 5.00 Å². The molecule has 0 bridgehead atoms. The lowest BCUT2D eigenvalue weighted by atomic mass is 9.95. The monoisotopic (exact) mass is 359 g/mol. The second kappa shape index (κ2) is 8.81. The van der Waals surface area contributed by atoms with E-state index in [1.54, 1.807) is 6.92 Å². The standard InChI is InChI=1S/C20H25NO3S/c1-5-15-13(4)25-19(17(15)20(23)24-7-3)21-18(22)16(6-2)14-11-9-8-10-12-14/h8-12,16H,5-7H2,1-4H3,(H,21,22)/t16-/m0/s1. The summed E-state index contributed by atoms with van der Waals surface area (Å²) in [6, 6.07) is 9.71. The molecular weight excluding hydrogens is 334 g/mol. The molecule has 25 heavy (non-hydrogen) atoms. The van der Waals surface area contributed by atoms with Crippen molar-refractivity contribution in [2.75, 3.05) is 11.9 Å². The molecule has 0 aliphatic rings. The molecule has 134 valence electrons. The molecule has 5 heteroatoms. The van der Waals surface area contributed by atoms with Crippen molar-refractivity contribution in [1.82, 2.24) is 0 Å². The van der Waals surface area contributed by atoms with Gasteiger partial charge in [-0.05, 0) is 37.8 Å². The van der Waals surface area contributed by atoms with Crippen molar-refractivity contribution < 1.29 is 14.3 Å². The fraction of sp³-hybridized carbons (Fsp3) is 0.400. The van der Waals surface area contributed by atoms with E-state index in [0.29, 0.717) is 23.6 Å². The Kier molecular flexibility index (Phi) is 6.76. The van der Waals surface area contributed by atoms with E-state index in [0.717, 1.165) is 22.4 Å². The molecule has 0 unspecified atom stereocenters. The highest BCUT2D eigenvalue weighted by molar-refractivity contribution is 7.16. The summed E-state index contributed by atoms with van der Waals surface area (Å²) in [6.07, 6.45) is 1.41. The molecule has 0 aliphatic heterocycles. The van der Waals surface area contributed by atoms with Crippen LogP contribution in [0.3, 0.4) is 0 Å². The third-order valence-electron chi connectivity index (χ3n) is 4.21. The second-order valence-electron chi connectivity index (χ2n) is 5.78. The molecule has 0 saturated carbocycles. The first-order valence-electron chi connectivity index (χ1n) is 8.68. The normalized spacial score (nSPS) is 11.8. The van der Waals surface area contributed by atoms with Crippen LogP contribution >= 0.6 is 11.3 Å². The Hall–Kier alpha value is -2.14. The number of nitrogens with one attached hydrogen (secondary N) is 1. The summed E-state index contributed by atoms with van der Waals surface area (Å²) in [5, 5.41) is 3.56. The number of hydrogen-bond donors (Lipinski definition) is 1. The number of thiophene rings is 1. The predicted octanol–water partition coefficient (Wildman–Crippen LogP) is 4.93. The molecule has 2 aromatic rings. The smallest absolute Gasteiger partial charge is 0.341 e. The van der Waals surface area contributed by atoms with E-state index in [9.17, 15) is 9.59 Å². The highest BCUT2D eigenvalue weighted by atomic mass is 32.1. The van der Waals surface area contributed by atoms with Gasteiger partial charge in [0, 0.05) is 4.88 Å². The molecule has 0 radical (unpaired) electrons. The topological polar surface area (TPSA) is 55.4 Å².